The van der Waals surface area contributed by atoms with E-state index in [1.807, 2.05) is 13.1 Å². The maximum atomic E-state index is 11.9. The van der Waals surface area contributed by atoms with E-state index in [-0.39, 0.29) is 18.2 Å². The molecule has 0 aliphatic carbocycles. The summed E-state index contributed by atoms with van der Waals surface area (Å²) in [6.07, 6.45) is 1.96. The van der Waals surface area contributed by atoms with Gasteiger partial charge in [0.25, 0.3) is 0 Å². The minimum Gasteiger partial charge on any atom is -0.409 e. The Balaban J connectivity index is 1.89. The molecule has 1 amide bonds. The van der Waals surface area contributed by atoms with Gasteiger partial charge in [-0.15, -0.1) is 0 Å². The molecule has 0 bridgehead atoms. The van der Waals surface area contributed by atoms with E-state index in [0.717, 1.165) is 11.3 Å². The second-order valence-corrected chi connectivity index (χ2v) is 4.58. The number of oxime groups is 1. The summed E-state index contributed by atoms with van der Waals surface area (Å²) in [4.78, 5) is 11.9. The summed E-state index contributed by atoms with van der Waals surface area (Å²) < 4.78 is 1.71. The molecule has 1 aromatic carbocycles. The quantitative estimate of drug-likeness (QED) is 0.320. The van der Waals surface area contributed by atoms with Crippen molar-refractivity contribution in [3.63, 3.8) is 0 Å². The lowest BCUT2D eigenvalue weighted by molar-refractivity contribution is -0.120. The van der Waals surface area contributed by atoms with E-state index in [1.165, 1.54) is 0 Å². The van der Waals surface area contributed by atoms with Gasteiger partial charge in [-0.1, -0.05) is 29.4 Å². The average Bonchev–Trinajstić information content (AvgIpc) is 2.90. The summed E-state index contributed by atoms with van der Waals surface area (Å²) in [7, 11) is 1.83. The molecule has 7 heteroatoms. The van der Waals surface area contributed by atoms with Gasteiger partial charge in [-0.3, -0.25) is 9.48 Å². The Hall–Kier alpha value is -2.83. The van der Waals surface area contributed by atoms with Gasteiger partial charge in [0.1, 0.15) is 0 Å². The fraction of sp³-hybridized carbons (Fsp3) is 0.214. The zero-order valence-corrected chi connectivity index (χ0v) is 11.7. The lowest BCUT2D eigenvalue weighted by Crippen LogP contribution is -2.25. The molecular formula is C14H17N5O2. The number of aromatic nitrogens is 2. The van der Waals surface area contributed by atoms with Crippen LogP contribution < -0.4 is 11.1 Å². The molecule has 2 aromatic rings. The number of carbonyl (C=O) groups excluding carboxylic acids is 1. The van der Waals surface area contributed by atoms with Crippen LogP contribution in [-0.2, 0) is 24.8 Å². The van der Waals surface area contributed by atoms with Gasteiger partial charge in [0.2, 0.25) is 5.91 Å². The highest BCUT2D eigenvalue weighted by Crippen LogP contribution is 2.05. The van der Waals surface area contributed by atoms with Crippen LogP contribution in [0.2, 0.25) is 0 Å². The van der Waals surface area contributed by atoms with Crippen molar-refractivity contribution in [2.24, 2.45) is 17.9 Å². The summed E-state index contributed by atoms with van der Waals surface area (Å²) in [6.45, 7) is 0.442. The van der Waals surface area contributed by atoms with E-state index in [1.54, 1.807) is 35.1 Å². The fourth-order valence-electron chi connectivity index (χ4n) is 1.86. The third-order valence-corrected chi connectivity index (χ3v) is 3.11. The van der Waals surface area contributed by atoms with E-state index in [0.29, 0.717) is 12.1 Å². The molecule has 7 nitrogen and oxygen atoms in total. The minimum absolute atomic E-state index is 0.0437. The van der Waals surface area contributed by atoms with Crippen LogP contribution >= 0.6 is 0 Å². The van der Waals surface area contributed by atoms with Crippen LogP contribution in [0.3, 0.4) is 0 Å². The minimum atomic E-state index is -0.0762. The number of amides is 1. The van der Waals surface area contributed by atoms with Crippen molar-refractivity contribution in [2.75, 3.05) is 0 Å². The molecule has 21 heavy (non-hydrogen) atoms. The normalized spacial score (nSPS) is 11.4. The monoisotopic (exact) mass is 287 g/mol. The summed E-state index contributed by atoms with van der Waals surface area (Å²) >= 11 is 0. The number of nitrogens with zero attached hydrogens (tertiary/aromatic N) is 3. The van der Waals surface area contributed by atoms with Crippen LogP contribution in [0.25, 0.3) is 0 Å². The molecule has 0 spiro atoms. The van der Waals surface area contributed by atoms with Gasteiger partial charge in [-0.2, -0.15) is 5.10 Å². The molecule has 0 atom stereocenters. The van der Waals surface area contributed by atoms with Crippen molar-refractivity contribution >= 4 is 11.7 Å². The van der Waals surface area contributed by atoms with E-state index < -0.39 is 0 Å². The number of hydrogen-bond donors (Lipinski definition) is 3. The molecule has 0 unspecified atom stereocenters. The Morgan fingerprint density at radius 3 is 2.67 bits per heavy atom. The Morgan fingerprint density at radius 1 is 1.38 bits per heavy atom. The Kier molecular flexibility index (Phi) is 4.55. The highest BCUT2D eigenvalue weighted by atomic mass is 16.4. The number of nitrogens with two attached hydrogens (primary N) is 1. The third-order valence-electron chi connectivity index (χ3n) is 3.11. The Bertz CT molecular complexity index is 646. The summed E-state index contributed by atoms with van der Waals surface area (Å²) in [5.74, 6) is -0.0324. The van der Waals surface area contributed by atoms with Gasteiger partial charge in [-0.25, -0.2) is 0 Å². The maximum absolute atomic E-state index is 11.9. The summed E-state index contributed by atoms with van der Waals surface area (Å²) in [5.41, 5.74) is 7.87. The highest BCUT2D eigenvalue weighted by Gasteiger charge is 2.06. The van der Waals surface area contributed by atoms with Crippen LogP contribution in [0, 0.1) is 0 Å². The number of benzene rings is 1. The largest absolute Gasteiger partial charge is 0.409 e. The molecule has 110 valence electrons. The molecule has 1 heterocycles. The SMILES string of the molecule is Cn1nccc1CNC(=O)Cc1ccc(C(N)=NO)cc1. The smallest absolute Gasteiger partial charge is 0.224 e. The third kappa shape index (κ3) is 3.82. The Labute approximate surface area is 122 Å². The fourth-order valence-corrected chi connectivity index (χ4v) is 1.86. The average molecular weight is 287 g/mol. The van der Waals surface area contributed by atoms with Crippen LogP contribution in [0.5, 0.6) is 0 Å². The van der Waals surface area contributed by atoms with Crippen LogP contribution in [-0.4, -0.2) is 26.7 Å². The number of nitrogens with one attached hydrogen (secondary N) is 1. The standard InChI is InChI=1S/C14H17N5O2/c1-19-12(6-7-17-19)9-16-13(20)8-10-2-4-11(5-3-10)14(15)18-21/h2-7,21H,8-9H2,1H3,(H2,15,18)(H,16,20). The Morgan fingerprint density at radius 2 is 2.10 bits per heavy atom. The van der Waals surface area contributed by atoms with E-state index in [9.17, 15) is 4.79 Å². The van der Waals surface area contributed by atoms with Crippen molar-refractivity contribution in [3.05, 3.63) is 53.3 Å². The first-order chi connectivity index (χ1) is 10.1. The van der Waals surface area contributed by atoms with Gasteiger partial charge < -0.3 is 16.3 Å². The molecule has 0 aliphatic rings. The lowest BCUT2D eigenvalue weighted by atomic mass is 10.1. The lowest BCUT2D eigenvalue weighted by Gasteiger charge is -2.06. The predicted molar refractivity (Wildman–Crippen MR) is 77.7 cm³/mol. The van der Waals surface area contributed by atoms with Crippen molar-refractivity contribution < 1.29 is 10.0 Å². The molecule has 0 saturated heterocycles. The van der Waals surface area contributed by atoms with E-state index >= 15 is 0 Å². The zero-order valence-electron chi connectivity index (χ0n) is 11.7. The van der Waals surface area contributed by atoms with Gasteiger partial charge in [-0.05, 0) is 11.6 Å². The number of carbonyl (C=O) groups is 1. The topological polar surface area (TPSA) is 106 Å². The maximum Gasteiger partial charge on any atom is 0.224 e. The van der Waals surface area contributed by atoms with Gasteiger partial charge in [0.05, 0.1) is 18.7 Å². The number of rotatable bonds is 5. The van der Waals surface area contributed by atoms with Crippen LogP contribution in [0.1, 0.15) is 16.8 Å². The molecule has 4 N–H and O–H groups in total. The number of hydrogen-bond acceptors (Lipinski definition) is 4. The second kappa shape index (κ2) is 6.56. The number of amidine groups is 1. The van der Waals surface area contributed by atoms with Crippen molar-refractivity contribution in [1.82, 2.24) is 15.1 Å². The summed E-state index contributed by atoms with van der Waals surface area (Å²) in [5, 5.41) is 18.4. The van der Waals surface area contributed by atoms with Crippen molar-refractivity contribution in [2.45, 2.75) is 13.0 Å². The van der Waals surface area contributed by atoms with Gasteiger partial charge in [0.15, 0.2) is 5.84 Å². The molecule has 0 saturated carbocycles. The molecule has 2 rings (SSSR count). The molecule has 0 radical (unpaired) electrons. The van der Waals surface area contributed by atoms with Crippen LogP contribution in [0.15, 0.2) is 41.7 Å². The highest BCUT2D eigenvalue weighted by molar-refractivity contribution is 5.97. The predicted octanol–water partition coefficient (Wildman–Crippen LogP) is 0.373. The van der Waals surface area contributed by atoms with E-state index in [2.05, 4.69) is 15.6 Å². The molecule has 0 fully saturated rings. The first-order valence-corrected chi connectivity index (χ1v) is 6.40. The molecule has 0 aliphatic heterocycles. The molecule has 1 aromatic heterocycles. The first kappa shape index (κ1) is 14.6. The van der Waals surface area contributed by atoms with Crippen LogP contribution in [0.4, 0.5) is 0 Å². The van der Waals surface area contributed by atoms with Crippen molar-refractivity contribution in [1.29, 1.82) is 0 Å². The van der Waals surface area contributed by atoms with Gasteiger partial charge >= 0.3 is 0 Å². The zero-order chi connectivity index (χ0) is 15.2. The second-order valence-electron chi connectivity index (χ2n) is 4.58. The molecular weight excluding hydrogens is 270 g/mol. The summed E-state index contributed by atoms with van der Waals surface area (Å²) in [6, 6.07) is 8.82. The first-order valence-electron chi connectivity index (χ1n) is 6.40. The van der Waals surface area contributed by atoms with E-state index in [4.69, 9.17) is 10.9 Å². The number of aryl methyl sites for hydroxylation is 1. The van der Waals surface area contributed by atoms with Crippen molar-refractivity contribution in [3.8, 4) is 0 Å². The van der Waals surface area contributed by atoms with Gasteiger partial charge in [0, 0.05) is 18.8 Å².